The Balaban J connectivity index is 1.57. The Morgan fingerprint density at radius 3 is 2.57 bits per heavy atom. The van der Waals surface area contributed by atoms with Crippen molar-refractivity contribution in [2.75, 3.05) is 0 Å². The molecule has 30 heavy (non-hydrogen) atoms. The number of hydrazone groups is 1. The molecule has 0 radical (unpaired) electrons. The number of nitrogens with zero attached hydrogens (tertiary/aromatic N) is 2. The van der Waals surface area contributed by atoms with Crippen molar-refractivity contribution in [2.45, 2.75) is 6.54 Å². The van der Waals surface area contributed by atoms with E-state index in [1.54, 1.807) is 6.07 Å². The molecule has 4 rings (SSSR count). The van der Waals surface area contributed by atoms with Gasteiger partial charge in [0.1, 0.15) is 17.3 Å². The quantitative estimate of drug-likeness (QED) is 0.348. The normalized spacial score (nSPS) is 11.2. The van der Waals surface area contributed by atoms with Gasteiger partial charge in [-0.15, -0.1) is 0 Å². The van der Waals surface area contributed by atoms with Crippen LogP contribution in [0.1, 0.15) is 21.5 Å². The van der Waals surface area contributed by atoms with Crippen LogP contribution in [-0.4, -0.2) is 26.9 Å². The molecule has 1 aromatic heterocycles. The molecule has 0 aliphatic rings. The van der Waals surface area contributed by atoms with Crippen molar-refractivity contribution in [1.29, 1.82) is 0 Å². The highest BCUT2D eigenvalue weighted by molar-refractivity contribution is 6.00. The Hall–Kier alpha value is -4.13. The first-order valence-electron chi connectivity index (χ1n) is 9.18. The number of aromatic nitrogens is 1. The van der Waals surface area contributed by atoms with Crippen LogP contribution in [0.15, 0.2) is 78.0 Å². The fourth-order valence-corrected chi connectivity index (χ4v) is 3.29. The summed E-state index contributed by atoms with van der Waals surface area (Å²) in [5.74, 6) is -1.29. The molecular formula is C23H18FN3O3. The average Bonchev–Trinajstić information content (AvgIpc) is 3.05. The van der Waals surface area contributed by atoms with Gasteiger partial charge in [0.25, 0.3) is 5.91 Å². The summed E-state index contributed by atoms with van der Waals surface area (Å²) in [6, 6.07) is 17.7. The molecule has 0 saturated carbocycles. The number of carbonyl (C=O) groups is 1. The topological polar surface area (TPSA) is 86.9 Å². The molecule has 0 saturated heterocycles. The highest BCUT2D eigenvalue weighted by Gasteiger charge is 2.09. The van der Waals surface area contributed by atoms with E-state index in [9.17, 15) is 19.4 Å². The van der Waals surface area contributed by atoms with Gasteiger partial charge in [-0.25, -0.2) is 9.82 Å². The van der Waals surface area contributed by atoms with Crippen molar-refractivity contribution in [2.24, 2.45) is 5.10 Å². The van der Waals surface area contributed by atoms with Gasteiger partial charge >= 0.3 is 0 Å². The number of hydrogen-bond acceptors (Lipinski definition) is 4. The predicted octanol–water partition coefficient (Wildman–Crippen LogP) is 4.00. The molecule has 0 bridgehead atoms. The molecule has 3 aromatic carbocycles. The molecule has 0 aliphatic heterocycles. The van der Waals surface area contributed by atoms with Gasteiger partial charge in [0.15, 0.2) is 0 Å². The first kappa shape index (κ1) is 19.2. The molecule has 0 spiro atoms. The standard InChI is InChI=1S/C23H18FN3O3/c24-18-5-3-4-15(8-18)13-27-14-17(21-6-1-2-7-22(21)27)12-25-26-23(30)16-9-19(28)11-20(29)10-16/h1-12,14,28-29H,13H2,(H,26,30)/b25-12+. The Morgan fingerprint density at radius 1 is 1.03 bits per heavy atom. The lowest BCUT2D eigenvalue weighted by Gasteiger charge is -2.05. The maximum Gasteiger partial charge on any atom is 0.271 e. The van der Waals surface area contributed by atoms with Gasteiger partial charge < -0.3 is 14.8 Å². The molecule has 0 aliphatic carbocycles. The third kappa shape index (κ3) is 4.15. The molecule has 0 unspecified atom stereocenters. The third-order valence-corrected chi connectivity index (χ3v) is 4.60. The number of halogens is 1. The van der Waals surface area contributed by atoms with Crippen LogP contribution in [0.4, 0.5) is 4.39 Å². The van der Waals surface area contributed by atoms with Crippen LogP contribution in [0.3, 0.4) is 0 Å². The number of fused-ring (bicyclic) bond motifs is 1. The minimum atomic E-state index is -0.569. The van der Waals surface area contributed by atoms with E-state index in [0.717, 1.165) is 28.1 Å². The van der Waals surface area contributed by atoms with Gasteiger partial charge in [-0.05, 0) is 35.9 Å². The summed E-state index contributed by atoms with van der Waals surface area (Å²) in [4.78, 5) is 12.2. The summed E-state index contributed by atoms with van der Waals surface area (Å²) in [7, 11) is 0. The van der Waals surface area contributed by atoms with Crippen LogP contribution < -0.4 is 5.43 Å². The Labute approximate surface area is 171 Å². The SMILES string of the molecule is O=C(N/N=C/c1cn(Cc2cccc(F)c2)c2ccccc12)c1cc(O)cc(O)c1. The first-order valence-corrected chi connectivity index (χ1v) is 9.18. The van der Waals surface area contributed by atoms with Crippen LogP contribution in [0, 0.1) is 5.82 Å². The lowest BCUT2D eigenvalue weighted by atomic mass is 10.2. The second-order valence-electron chi connectivity index (χ2n) is 6.80. The van der Waals surface area contributed by atoms with E-state index in [1.807, 2.05) is 41.1 Å². The smallest absolute Gasteiger partial charge is 0.271 e. The fourth-order valence-electron chi connectivity index (χ4n) is 3.29. The Bertz CT molecular complexity index is 1240. The summed E-state index contributed by atoms with van der Waals surface area (Å²) < 4.78 is 15.5. The molecular weight excluding hydrogens is 385 g/mol. The summed E-state index contributed by atoms with van der Waals surface area (Å²) in [6.07, 6.45) is 3.40. The van der Waals surface area contributed by atoms with Crippen molar-refractivity contribution < 1.29 is 19.4 Å². The van der Waals surface area contributed by atoms with E-state index in [-0.39, 0.29) is 22.9 Å². The Kier molecular flexibility index (Phi) is 5.17. The Morgan fingerprint density at radius 2 is 1.80 bits per heavy atom. The second-order valence-corrected chi connectivity index (χ2v) is 6.80. The van der Waals surface area contributed by atoms with E-state index in [1.165, 1.54) is 30.5 Å². The summed E-state index contributed by atoms with van der Waals surface area (Å²) >= 11 is 0. The monoisotopic (exact) mass is 403 g/mol. The number of phenols is 2. The number of amides is 1. The van der Waals surface area contributed by atoms with Gasteiger partial charge in [-0.2, -0.15) is 5.10 Å². The molecule has 7 heteroatoms. The van der Waals surface area contributed by atoms with Crippen LogP contribution in [-0.2, 0) is 6.54 Å². The van der Waals surface area contributed by atoms with Crippen LogP contribution >= 0.6 is 0 Å². The molecule has 3 N–H and O–H groups in total. The van der Waals surface area contributed by atoms with E-state index in [4.69, 9.17) is 0 Å². The number of phenolic OH excluding ortho intramolecular Hbond substituents is 2. The van der Waals surface area contributed by atoms with Gasteiger partial charge in [0.2, 0.25) is 0 Å². The summed E-state index contributed by atoms with van der Waals surface area (Å²) in [5.41, 5.74) is 5.02. The van der Waals surface area contributed by atoms with Gasteiger partial charge in [-0.3, -0.25) is 4.79 Å². The summed E-state index contributed by atoms with van der Waals surface area (Å²) in [6.45, 7) is 0.487. The van der Waals surface area contributed by atoms with Crippen LogP contribution in [0.2, 0.25) is 0 Å². The van der Waals surface area contributed by atoms with E-state index in [2.05, 4.69) is 10.5 Å². The van der Waals surface area contributed by atoms with Crippen molar-refractivity contribution in [3.05, 3.63) is 95.4 Å². The van der Waals surface area contributed by atoms with Crippen molar-refractivity contribution >= 4 is 23.0 Å². The molecule has 150 valence electrons. The lowest BCUT2D eigenvalue weighted by molar-refractivity contribution is 0.0954. The molecule has 4 aromatic rings. The largest absolute Gasteiger partial charge is 0.508 e. The fraction of sp³-hybridized carbons (Fsp3) is 0.0435. The van der Waals surface area contributed by atoms with Crippen molar-refractivity contribution in [3.8, 4) is 11.5 Å². The number of nitrogens with one attached hydrogen (secondary N) is 1. The van der Waals surface area contributed by atoms with Crippen molar-refractivity contribution in [1.82, 2.24) is 9.99 Å². The zero-order valence-electron chi connectivity index (χ0n) is 15.8. The van der Waals surface area contributed by atoms with E-state index in [0.29, 0.717) is 6.54 Å². The highest BCUT2D eigenvalue weighted by atomic mass is 19.1. The predicted molar refractivity (Wildman–Crippen MR) is 112 cm³/mol. The highest BCUT2D eigenvalue weighted by Crippen LogP contribution is 2.22. The first-order chi connectivity index (χ1) is 14.5. The number of hydrogen-bond donors (Lipinski definition) is 3. The number of aromatic hydroxyl groups is 2. The van der Waals surface area contributed by atoms with Crippen LogP contribution in [0.25, 0.3) is 10.9 Å². The second kappa shape index (κ2) is 8.08. The number of rotatable bonds is 5. The minimum absolute atomic E-state index is 0.0817. The van der Waals surface area contributed by atoms with E-state index < -0.39 is 5.91 Å². The zero-order valence-corrected chi connectivity index (χ0v) is 15.8. The third-order valence-electron chi connectivity index (χ3n) is 4.60. The van der Waals surface area contributed by atoms with Gasteiger partial charge in [-0.1, -0.05) is 30.3 Å². The lowest BCUT2D eigenvalue weighted by Crippen LogP contribution is -2.17. The number of para-hydroxylation sites is 1. The van der Waals surface area contributed by atoms with Crippen LogP contribution in [0.5, 0.6) is 11.5 Å². The maximum absolute atomic E-state index is 13.5. The number of benzene rings is 3. The summed E-state index contributed by atoms with van der Waals surface area (Å²) in [5, 5.41) is 23.9. The zero-order chi connectivity index (χ0) is 21.1. The van der Waals surface area contributed by atoms with Crippen molar-refractivity contribution in [3.63, 3.8) is 0 Å². The van der Waals surface area contributed by atoms with Gasteiger partial charge in [0.05, 0.1) is 6.21 Å². The minimum Gasteiger partial charge on any atom is -0.508 e. The molecule has 6 nitrogen and oxygen atoms in total. The number of carbonyl (C=O) groups excluding carboxylic acids is 1. The maximum atomic E-state index is 13.5. The van der Waals surface area contributed by atoms with E-state index >= 15 is 0 Å². The molecule has 0 fully saturated rings. The molecule has 1 amide bonds. The molecule has 1 heterocycles. The van der Waals surface area contributed by atoms with Gasteiger partial charge in [0, 0.05) is 40.8 Å². The molecule has 0 atom stereocenters. The average molecular weight is 403 g/mol.